The number of hydrogen-bond donors (Lipinski definition) is 0. The average molecular weight is 378 g/mol. The first-order valence-corrected chi connectivity index (χ1v) is 9.92. The van der Waals surface area contributed by atoms with E-state index in [9.17, 15) is 0 Å². The van der Waals surface area contributed by atoms with Crippen molar-refractivity contribution in [3.8, 4) is 0 Å². The summed E-state index contributed by atoms with van der Waals surface area (Å²) >= 11 is 6.09. The van der Waals surface area contributed by atoms with Gasteiger partial charge in [0.1, 0.15) is 0 Å². The first-order chi connectivity index (χ1) is 13.1. The average Bonchev–Trinajstić information content (AvgIpc) is 2.70. The molecule has 0 saturated carbocycles. The largest absolute Gasteiger partial charge is 0.264 e. The first-order valence-electron chi connectivity index (χ1n) is 9.54. The quantitative estimate of drug-likeness (QED) is 0.325. The van der Waals surface area contributed by atoms with E-state index in [0.29, 0.717) is 5.92 Å². The third-order valence-electron chi connectivity index (χ3n) is 4.41. The van der Waals surface area contributed by atoms with Crippen LogP contribution in [0.2, 0.25) is 5.02 Å². The summed E-state index contributed by atoms with van der Waals surface area (Å²) in [6.45, 7) is 10.5. The van der Waals surface area contributed by atoms with Gasteiger partial charge >= 0.3 is 0 Å². The molecule has 0 fully saturated rings. The summed E-state index contributed by atoms with van der Waals surface area (Å²) in [7, 11) is 0. The lowest BCUT2D eigenvalue weighted by atomic mass is 9.99. The minimum atomic E-state index is 0.477. The Morgan fingerprint density at radius 1 is 0.741 bits per heavy atom. The fourth-order valence-corrected chi connectivity index (χ4v) is 3.25. The van der Waals surface area contributed by atoms with Crippen LogP contribution >= 0.6 is 11.6 Å². The van der Waals surface area contributed by atoms with Gasteiger partial charge in [-0.3, -0.25) is 4.98 Å². The van der Waals surface area contributed by atoms with Gasteiger partial charge in [-0.25, -0.2) is 0 Å². The smallest absolute Gasteiger partial charge is 0.0499 e. The lowest BCUT2D eigenvalue weighted by molar-refractivity contribution is 0.869. The highest BCUT2D eigenvalue weighted by molar-refractivity contribution is 6.35. The third-order valence-corrected chi connectivity index (χ3v) is 4.74. The van der Waals surface area contributed by atoms with Crippen LogP contribution in [0.3, 0.4) is 0 Å². The number of hydrogen-bond acceptors (Lipinski definition) is 1. The molecule has 2 heteroatoms. The molecule has 0 aliphatic heterocycles. The number of benzene rings is 3. The summed E-state index contributed by atoms with van der Waals surface area (Å²) in [6.07, 6.45) is 3.74. The lowest BCUT2D eigenvalue weighted by Gasteiger charge is -2.09. The van der Waals surface area contributed by atoms with Gasteiger partial charge in [0, 0.05) is 22.8 Å². The van der Waals surface area contributed by atoms with Crippen molar-refractivity contribution in [2.75, 3.05) is 0 Å². The van der Waals surface area contributed by atoms with E-state index < -0.39 is 0 Å². The Morgan fingerprint density at radius 2 is 1.37 bits per heavy atom. The standard InChI is InChI=1S/C12H12ClN.C11H10.C2H6/c1-8(2)10-6-14-7-11-9(10)4-3-5-12(11)13;1-9-5-4-7-10-6-2-3-8-11(9)10;1-2/h3-8H,1-2H3;2-8H,1H3;1-2H3. The summed E-state index contributed by atoms with van der Waals surface area (Å²) in [6, 6.07) is 20.8. The Balaban J connectivity index is 0.000000181. The molecule has 140 valence electrons. The van der Waals surface area contributed by atoms with E-state index in [1.807, 2.05) is 38.4 Å². The Labute approximate surface area is 168 Å². The van der Waals surface area contributed by atoms with Gasteiger partial charge in [-0.2, -0.15) is 0 Å². The van der Waals surface area contributed by atoms with Crippen LogP contribution < -0.4 is 0 Å². The van der Waals surface area contributed by atoms with Gasteiger partial charge in [-0.15, -0.1) is 0 Å². The van der Waals surface area contributed by atoms with E-state index in [-0.39, 0.29) is 0 Å². The predicted molar refractivity (Wildman–Crippen MR) is 121 cm³/mol. The molecule has 0 aliphatic carbocycles. The molecule has 1 nitrogen and oxygen atoms in total. The van der Waals surface area contributed by atoms with E-state index in [1.165, 1.54) is 27.3 Å². The zero-order valence-electron chi connectivity index (χ0n) is 16.8. The molecule has 0 bridgehead atoms. The Bertz CT molecular complexity index is 1000. The van der Waals surface area contributed by atoms with Crippen molar-refractivity contribution in [2.45, 2.75) is 40.5 Å². The molecular weight excluding hydrogens is 350 g/mol. The summed E-state index contributed by atoms with van der Waals surface area (Å²) in [5, 5.41) is 5.71. The molecule has 0 unspecified atom stereocenters. The molecule has 0 N–H and O–H groups in total. The molecule has 0 atom stereocenters. The van der Waals surface area contributed by atoms with Crippen LogP contribution in [0.15, 0.2) is 73.1 Å². The van der Waals surface area contributed by atoms with E-state index in [1.54, 1.807) is 0 Å². The van der Waals surface area contributed by atoms with Crippen LogP contribution in [0, 0.1) is 6.92 Å². The Morgan fingerprint density at radius 3 is 2.07 bits per heavy atom. The second-order valence-electron chi connectivity index (χ2n) is 6.51. The number of nitrogens with zero attached hydrogens (tertiary/aromatic N) is 1. The van der Waals surface area contributed by atoms with Crippen LogP contribution in [0.1, 0.15) is 44.7 Å². The van der Waals surface area contributed by atoms with Crippen LogP contribution in [0.4, 0.5) is 0 Å². The maximum absolute atomic E-state index is 6.09. The van der Waals surface area contributed by atoms with Gasteiger partial charge in [-0.05, 0) is 46.2 Å². The van der Waals surface area contributed by atoms with E-state index in [2.05, 4.69) is 74.3 Å². The number of aryl methyl sites for hydroxylation is 1. The summed E-state index contributed by atoms with van der Waals surface area (Å²) in [5.74, 6) is 0.477. The molecule has 0 radical (unpaired) electrons. The Kier molecular flexibility index (Phi) is 7.82. The van der Waals surface area contributed by atoms with Gasteiger partial charge in [-0.1, -0.05) is 93.9 Å². The van der Waals surface area contributed by atoms with Crippen LogP contribution in [0.25, 0.3) is 21.5 Å². The monoisotopic (exact) mass is 377 g/mol. The first kappa shape index (κ1) is 20.9. The molecule has 1 aromatic heterocycles. The normalized spacial score (nSPS) is 10.2. The summed E-state index contributed by atoms with van der Waals surface area (Å²) < 4.78 is 0. The topological polar surface area (TPSA) is 12.9 Å². The molecule has 0 aliphatic rings. The van der Waals surface area contributed by atoms with Gasteiger partial charge in [0.25, 0.3) is 0 Å². The zero-order chi connectivity index (χ0) is 19.8. The molecule has 0 saturated heterocycles. The van der Waals surface area contributed by atoms with Gasteiger partial charge in [0.15, 0.2) is 0 Å². The summed E-state index contributed by atoms with van der Waals surface area (Å²) in [5.41, 5.74) is 2.60. The molecular formula is C25H28ClN. The summed E-state index contributed by atoms with van der Waals surface area (Å²) in [4.78, 5) is 4.21. The lowest BCUT2D eigenvalue weighted by Crippen LogP contribution is -1.91. The fraction of sp³-hybridized carbons (Fsp3) is 0.240. The molecule has 0 spiro atoms. The molecule has 4 rings (SSSR count). The SMILES string of the molecule is CC.CC(C)c1cncc2c(Cl)cccc12.Cc1cccc2ccccc12. The minimum Gasteiger partial charge on any atom is -0.264 e. The molecule has 4 aromatic rings. The molecule has 27 heavy (non-hydrogen) atoms. The van der Waals surface area contributed by atoms with Crippen molar-refractivity contribution in [3.05, 3.63) is 89.2 Å². The molecule has 0 amide bonds. The van der Waals surface area contributed by atoms with Crippen molar-refractivity contribution in [1.82, 2.24) is 4.98 Å². The van der Waals surface area contributed by atoms with Crippen molar-refractivity contribution < 1.29 is 0 Å². The Hall–Kier alpha value is -2.38. The minimum absolute atomic E-state index is 0.477. The highest BCUT2D eigenvalue weighted by Crippen LogP contribution is 2.28. The number of aromatic nitrogens is 1. The van der Waals surface area contributed by atoms with Crippen molar-refractivity contribution in [1.29, 1.82) is 0 Å². The van der Waals surface area contributed by atoms with E-state index in [4.69, 9.17) is 11.6 Å². The second-order valence-corrected chi connectivity index (χ2v) is 6.92. The van der Waals surface area contributed by atoms with Crippen molar-refractivity contribution in [2.24, 2.45) is 0 Å². The predicted octanol–water partition coefficient (Wildman–Crippen LogP) is 8.19. The number of fused-ring (bicyclic) bond motifs is 2. The van der Waals surface area contributed by atoms with Crippen LogP contribution in [0.5, 0.6) is 0 Å². The molecule has 1 heterocycles. The van der Waals surface area contributed by atoms with Crippen LogP contribution in [-0.2, 0) is 0 Å². The van der Waals surface area contributed by atoms with E-state index in [0.717, 1.165) is 10.4 Å². The number of pyridine rings is 1. The van der Waals surface area contributed by atoms with Gasteiger partial charge in [0.05, 0.1) is 0 Å². The maximum atomic E-state index is 6.09. The highest BCUT2D eigenvalue weighted by atomic mass is 35.5. The maximum Gasteiger partial charge on any atom is 0.0499 e. The fourth-order valence-electron chi connectivity index (χ4n) is 3.03. The third kappa shape index (κ3) is 5.08. The second kappa shape index (κ2) is 10.1. The van der Waals surface area contributed by atoms with E-state index >= 15 is 0 Å². The number of halogens is 1. The highest BCUT2D eigenvalue weighted by Gasteiger charge is 2.06. The van der Waals surface area contributed by atoms with Crippen molar-refractivity contribution in [3.63, 3.8) is 0 Å². The zero-order valence-corrected chi connectivity index (χ0v) is 17.6. The van der Waals surface area contributed by atoms with Gasteiger partial charge in [0.2, 0.25) is 0 Å². The van der Waals surface area contributed by atoms with Crippen LogP contribution in [-0.4, -0.2) is 4.98 Å². The van der Waals surface area contributed by atoms with Gasteiger partial charge < -0.3 is 0 Å². The van der Waals surface area contributed by atoms with Crippen molar-refractivity contribution >= 4 is 33.1 Å². The molecule has 3 aromatic carbocycles. The number of rotatable bonds is 1.